The van der Waals surface area contributed by atoms with Crippen LogP contribution in [0.15, 0.2) is 53.5 Å². The number of aromatic amines is 1. The van der Waals surface area contributed by atoms with Gasteiger partial charge in [0.25, 0.3) is 5.56 Å². The van der Waals surface area contributed by atoms with Crippen LogP contribution in [0.25, 0.3) is 27.6 Å². The molecule has 0 bridgehead atoms. The zero-order chi connectivity index (χ0) is 14.4. The van der Waals surface area contributed by atoms with Crippen molar-refractivity contribution in [2.75, 3.05) is 0 Å². The zero-order valence-electron chi connectivity index (χ0n) is 10.7. The second-order valence-electron chi connectivity index (χ2n) is 4.64. The minimum absolute atomic E-state index is 0.239. The summed E-state index contributed by atoms with van der Waals surface area (Å²) in [5.74, 6) is -0.606. The fourth-order valence-electron chi connectivity index (χ4n) is 2.36. The molecule has 3 heterocycles. The van der Waals surface area contributed by atoms with Gasteiger partial charge in [-0.15, -0.1) is 0 Å². The van der Waals surface area contributed by atoms with Crippen molar-refractivity contribution in [2.24, 2.45) is 0 Å². The van der Waals surface area contributed by atoms with Gasteiger partial charge in [0.1, 0.15) is 5.52 Å². The number of H-pyrrole nitrogens is 1. The van der Waals surface area contributed by atoms with Crippen LogP contribution in [0.4, 0.5) is 4.39 Å². The summed E-state index contributed by atoms with van der Waals surface area (Å²) >= 11 is 0. The molecular formula is C15H9FN4O. The summed E-state index contributed by atoms with van der Waals surface area (Å²) < 4.78 is 14.8. The number of para-hydroxylation sites is 1. The number of nitrogens with one attached hydrogen (secondary N) is 1. The molecule has 1 N–H and O–H groups in total. The van der Waals surface area contributed by atoms with Crippen LogP contribution in [0.2, 0.25) is 0 Å². The molecule has 3 aromatic heterocycles. The highest BCUT2D eigenvalue weighted by molar-refractivity contribution is 6.00. The molecule has 0 amide bonds. The van der Waals surface area contributed by atoms with E-state index in [1.54, 1.807) is 12.1 Å². The fraction of sp³-hybridized carbons (Fsp3) is 0. The number of hydrogen-bond donors (Lipinski definition) is 1. The summed E-state index contributed by atoms with van der Waals surface area (Å²) in [7, 11) is 0. The SMILES string of the molecule is O=c1c2cnc3ccc(F)nc3c2[nH]n1-c1ccccc1. The molecule has 4 rings (SSSR count). The van der Waals surface area contributed by atoms with Gasteiger partial charge in [-0.1, -0.05) is 18.2 Å². The van der Waals surface area contributed by atoms with E-state index in [9.17, 15) is 9.18 Å². The molecule has 6 heteroatoms. The van der Waals surface area contributed by atoms with Gasteiger partial charge in [0.05, 0.1) is 22.1 Å². The molecule has 0 aliphatic rings. The van der Waals surface area contributed by atoms with Gasteiger partial charge in [-0.2, -0.15) is 4.39 Å². The van der Waals surface area contributed by atoms with Crippen molar-refractivity contribution in [1.29, 1.82) is 0 Å². The van der Waals surface area contributed by atoms with Crippen LogP contribution in [0.3, 0.4) is 0 Å². The summed E-state index contributed by atoms with van der Waals surface area (Å²) in [5.41, 5.74) is 1.82. The van der Waals surface area contributed by atoms with Crippen molar-refractivity contribution in [3.63, 3.8) is 0 Å². The highest BCUT2D eigenvalue weighted by Crippen LogP contribution is 2.19. The van der Waals surface area contributed by atoms with Crippen LogP contribution in [0.5, 0.6) is 0 Å². The largest absolute Gasteiger partial charge is 0.288 e. The molecule has 0 spiro atoms. The van der Waals surface area contributed by atoms with Crippen molar-refractivity contribution in [3.8, 4) is 5.69 Å². The van der Waals surface area contributed by atoms with Crippen molar-refractivity contribution >= 4 is 21.9 Å². The lowest BCUT2D eigenvalue weighted by Crippen LogP contribution is -2.13. The summed E-state index contributed by atoms with van der Waals surface area (Å²) in [6.07, 6.45) is 1.48. The second-order valence-corrected chi connectivity index (χ2v) is 4.64. The molecule has 0 aliphatic heterocycles. The molecule has 21 heavy (non-hydrogen) atoms. The standard InChI is InChI=1S/C15H9FN4O/c16-12-7-6-11-14(18-12)13-10(8-17-11)15(21)20(19-13)9-4-2-1-3-5-9/h1-8,19H. The van der Waals surface area contributed by atoms with Gasteiger partial charge in [0.15, 0.2) is 0 Å². The van der Waals surface area contributed by atoms with Gasteiger partial charge in [0, 0.05) is 6.20 Å². The number of nitrogens with zero attached hydrogens (tertiary/aromatic N) is 3. The topological polar surface area (TPSA) is 63.6 Å². The molecule has 0 aliphatic carbocycles. The van der Waals surface area contributed by atoms with E-state index in [1.807, 2.05) is 18.2 Å². The molecule has 0 atom stereocenters. The Balaban J connectivity index is 2.13. The van der Waals surface area contributed by atoms with Crippen molar-refractivity contribution < 1.29 is 4.39 Å². The third-order valence-corrected chi connectivity index (χ3v) is 3.35. The molecule has 0 radical (unpaired) electrons. The van der Waals surface area contributed by atoms with E-state index in [2.05, 4.69) is 15.1 Å². The van der Waals surface area contributed by atoms with Gasteiger partial charge < -0.3 is 0 Å². The third-order valence-electron chi connectivity index (χ3n) is 3.35. The average Bonchev–Trinajstić information content (AvgIpc) is 2.86. The maximum absolute atomic E-state index is 13.4. The number of hydrogen-bond acceptors (Lipinski definition) is 3. The average molecular weight is 280 g/mol. The maximum Gasteiger partial charge on any atom is 0.280 e. The summed E-state index contributed by atoms with van der Waals surface area (Å²) in [6.45, 7) is 0. The Morgan fingerprint density at radius 3 is 2.71 bits per heavy atom. The number of halogens is 1. The van der Waals surface area contributed by atoms with E-state index in [4.69, 9.17) is 0 Å². The Hall–Kier alpha value is -3.02. The molecule has 102 valence electrons. The van der Waals surface area contributed by atoms with E-state index in [0.29, 0.717) is 27.6 Å². The minimum atomic E-state index is -0.606. The number of aromatic nitrogens is 4. The molecule has 0 unspecified atom stereocenters. The lowest BCUT2D eigenvalue weighted by atomic mass is 10.2. The molecule has 0 saturated heterocycles. The number of rotatable bonds is 1. The highest BCUT2D eigenvalue weighted by atomic mass is 19.1. The smallest absolute Gasteiger partial charge is 0.280 e. The van der Waals surface area contributed by atoms with Gasteiger partial charge in [-0.25, -0.2) is 9.67 Å². The Morgan fingerprint density at radius 2 is 1.90 bits per heavy atom. The Labute approximate surface area is 117 Å². The molecule has 1 aromatic carbocycles. The van der Waals surface area contributed by atoms with E-state index < -0.39 is 5.95 Å². The van der Waals surface area contributed by atoms with Crippen LogP contribution < -0.4 is 5.56 Å². The van der Waals surface area contributed by atoms with E-state index in [1.165, 1.54) is 23.0 Å². The van der Waals surface area contributed by atoms with Crippen molar-refractivity contribution in [2.45, 2.75) is 0 Å². The van der Waals surface area contributed by atoms with Crippen molar-refractivity contribution in [3.05, 3.63) is 65.0 Å². The Kier molecular flexibility index (Phi) is 2.38. The number of pyridine rings is 2. The fourth-order valence-corrected chi connectivity index (χ4v) is 2.36. The van der Waals surface area contributed by atoms with Crippen LogP contribution in [-0.4, -0.2) is 19.7 Å². The van der Waals surface area contributed by atoms with Gasteiger partial charge >= 0.3 is 0 Å². The third kappa shape index (κ3) is 1.73. The van der Waals surface area contributed by atoms with Crippen LogP contribution in [0.1, 0.15) is 0 Å². The molecule has 0 fully saturated rings. The molecule has 4 aromatic rings. The van der Waals surface area contributed by atoms with E-state index >= 15 is 0 Å². The molecular weight excluding hydrogens is 271 g/mol. The second kappa shape index (κ2) is 4.24. The maximum atomic E-state index is 13.4. The zero-order valence-corrected chi connectivity index (χ0v) is 10.7. The first-order chi connectivity index (χ1) is 10.2. The summed E-state index contributed by atoms with van der Waals surface area (Å²) in [4.78, 5) is 20.4. The molecule has 5 nitrogen and oxygen atoms in total. The van der Waals surface area contributed by atoms with Crippen LogP contribution in [-0.2, 0) is 0 Å². The van der Waals surface area contributed by atoms with Gasteiger partial charge in [0.2, 0.25) is 5.95 Å². The highest BCUT2D eigenvalue weighted by Gasteiger charge is 2.13. The number of fused-ring (bicyclic) bond motifs is 3. The normalized spacial score (nSPS) is 11.3. The number of benzene rings is 1. The van der Waals surface area contributed by atoms with Crippen LogP contribution >= 0.6 is 0 Å². The van der Waals surface area contributed by atoms with Crippen molar-refractivity contribution in [1.82, 2.24) is 19.7 Å². The van der Waals surface area contributed by atoms with Crippen LogP contribution in [0, 0.1) is 5.95 Å². The summed E-state index contributed by atoms with van der Waals surface area (Å²) in [6, 6.07) is 11.9. The van der Waals surface area contributed by atoms with E-state index in [-0.39, 0.29) is 5.56 Å². The first-order valence-corrected chi connectivity index (χ1v) is 6.35. The lowest BCUT2D eigenvalue weighted by molar-refractivity contribution is 0.589. The monoisotopic (exact) mass is 280 g/mol. The predicted octanol–water partition coefficient (Wildman–Crippen LogP) is 2.40. The quantitative estimate of drug-likeness (QED) is 0.544. The predicted molar refractivity (Wildman–Crippen MR) is 76.9 cm³/mol. The van der Waals surface area contributed by atoms with Gasteiger partial charge in [-0.05, 0) is 24.3 Å². The molecule has 0 saturated carbocycles. The van der Waals surface area contributed by atoms with Gasteiger partial charge in [-0.3, -0.25) is 14.9 Å². The Bertz CT molecular complexity index is 1020. The first-order valence-electron chi connectivity index (χ1n) is 6.35. The minimum Gasteiger partial charge on any atom is -0.288 e. The summed E-state index contributed by atoms with van der Waals surface area (Å²) in [5, 5.41) is 3.36. The van der Waals surface area contributed by atoms with E-state index in [0.717, 1.165) is 0 Å². The first kappa shape index (κ1) is 11.8. The Morgan fingerprint density at radius 1 is 1.10 bits per heavy atom. The lowest BCUT2D eigenvalue weighted by Gasteiger charge is -1.99.